The molecule has 0 saturated carbocycles. The highest BCUT2D eigenvalue weighted by Gasteiger charge is 2.32. The van der Waals surface area contributed by atoms with Crippen molar-refractivity contribution in [3.05, 3.63) is 57.3 Å². The van der Waals surface area contributed by atoms with E-state index in [0.29, 0.717) is 25.9 Å². The fraction of sp³-hybridized carbons (Fsp3) is 0.360. The van der Waals surface area contributed by atoms with Crippen LogP contribution in [-0.2, 0) is 11.0 Å². The smallest absolute Gasteiger partial charge is 0.416 e. The molecule has 2 aromatic carbocycles. The molecule has 1 fully saturated rings. The maximum atomic E-state index is 13.5. The quantitative estimate of drug-likeness (QED) is 0.307. The van der Waals surface area contributed by atoms with Crippen LogP contribution in [0.15, 0.2) is 46.1 Å². The molecule has 3 aromatic rings. The van der Waals surface area contributed by atoms with Crippen molar-refractivity contribution in [1.82, 2.24) is 9.88 Å². The van der Waals surface area contributed by atoms with E-state index in [0.717, 1.165) is 30.3 Å². The van der Waals surface area contributed by atoms with Crippen LogP contribution in [-0.4, -0.2) is 57.0 Å². The van der Waals surface area contributed by atoms with Crippen molar-refractivity contribution >= 4 is 40.2 Å². The van der Waals surface area contributed by atoms with Gasteiger partial charge in [0.2, 0.25) is 5.91 Å². The zero-order chi connectivity index (χ0) is 26.9. The molecule has 2 heterocycles. The molecule has 1 aliphatic rings. The third-order valence-corrected chi connectivity index (χ3v) is 7.85. The summed E-state index contributed by atoms with van der Waals surface area (Å²) in [4.78, 5) is 29.2. The Labute approximate surface area is 219 Å². The van der Waals surface area contributed by atoms with E-state index in [4.69, 9.17) is 17.3 Å². The van der Waals surface area contributed by atoms with Crippen molar-refractivity contribution in [3.63, 3.8) is 0 Å². The summed E-state index contributed by atoms with van der Waals surface area (Å²) in [6.07, 6.45) is -3.70. The molecule has 1 unspecified atom stereocenters. The number of H-pyrrole nitrogens is 1. The number of benzene rings is 2. The number of aliphatic hydroxyl groups excluding tert-OH is 1. The number of carbonyl (C=O) groups excluding carboxylic acids is 1. The number of aliphatic hydroxyl groups is 1. The van der Waals surface area contributed by atoms with Crippen LogP contribution in [0.1, 0.15) is 24.8 Å². The highest BCUT2D eigenvalue weighted by atomic mass is 35.5. The number of nitrogens with zero attached hydrogens (tertiary/aromatic N) is 1. The molecule has 1 aromatic heterocycles. The van der Waals surface area contributed by atoms with Gasteiger partial charge in [-0.05, 0) is 62.2 Å². The first-order chi connectivity index (χ1) is 17.5. The fourth-order valence-corrected chi connectivity index (χ4v) is 5.80. The van der Waals surface area contributed by atoms with Crippen molar-refractivity contribution in [2.45, 2.75) is 42.5 Å². The molecule has 37 heavy (non-hydrogen) atoms. The Morgan fingerprint density at radius 2 is 2.03 bits per heavy atom. The first kappa shape index (κ1) is 27.3. The Hall–Kier alpha value is -2.73. The van der Waals surface area contributed by atoms with Crippen molar-refractivity contribution in [2.75, 3.05) is 18.8 Å². The van der Waals surface area contributed by atoms with Crippen molar-refractivity contribution in [1.29, 1.82) is 0 Å². The highest BCUT2D eigenvalue weighted by molar-refractivity contribution is 7.99. The largest absolute Gasteiger partial charge is 0.507 e. The topological polar surface area (TPSA) is 120 Å². The number of aromatic nitrogens is 1. The van der Waals surface area contributed by atoms with Crippen LogP contribution in [0.3, 0.4) is 0 Å². The number of carbonyl (C=O) groups is 1. The molecule has 0 radical (unpaired) electrons. The van der Waals surface area contributed by atoms with Gasteiger partial charge in [0.05, 0.1) is 22.6 Å². The monoisotopic (exact) mass is 555 g/mol. The zero-order valence-electron chi connectivity index (χ0n) is 19.5. The van der Waals surface area contributed by atoms with E-state index in [1.165, 1.54) is 24.3 Å². The number of rotatable bonds is 8. The second-order valence-corrected chi connectivity index (χ2v) is 10.4. The molecular formula is C25H25ClF3N3O4S. The number of alkyl halides is 3. The Balaban J connectivity index is 1.69. The molecule has 1 amide bonds. The van der Waals surface area contributed by atoms with E-state index in [1.54, 1.807) is 0 Å². The van der Waals surface area contributed by atoms with Gasteiger partial charge >= 0.3 is 6.18 Å². The molecular weight excluding hydrogens is 531 g/mol. The summed E-state index contributed by atoms with van der Waals surface area (Å²) in [7, 11) is 0. The molecule has 1 aliphatic heterocycles. The number of phenols is 1. The number of likely N-dealkylation sites (tertiary alicyclic amines) is 1. The summed E-state index contributed by atoms with van der Waals surface area (Å²) in [5, 5.41) is 21.5. The van der Waals surface area contributed by atoms with Gasteiger partial charge in [-0.3, -0.25) is 14.5 Å². The predicted molar refractivity (Wildman–Crippen MR) is 137 cm³/mol. The molecule has 0 bridgehead atoms. The Kier molecular flexibility index (Phi) is 8.08. The van der Waals surface area contributed by atoms with E-state index in [1.807, 2.05) is 4.90 Å². The number of nitrogens with one attached hydrogen (secondary N) is 1. The number of thioether (sulfide) groups is 1. The van der Waals surface area contributed by atoms with E-state index >= 15 is 0 Å². The number of amides is 1. The fourth-order valence-electron chi connectivity index (χ4n) is 4.56. The van der Waals surface area contributed by atoms with Crippen molar-refractivity contribution < 1.29 is 28.2 Å². The normalized spacial score (nSPS) is 17.4. The van der Waals surface area contributed by atoms with E-state index < -0.39 is 29.3 Å². The van der Waals surface area contributed by atoms with Gasteiger partial charge in [-0.2, -0.15) is 13.2 Å². The molecule has 7 nitrogen and oxygen atoms in total. The lowest BCUT2D eigenvalue weighted by Crippen LogP contribution is -2.41. The summed E-state index contributed by atoms with van der Waals surface area (Å²) in [6.45, 7) is 1.12. The van der Waals surface area contributed by atoms with Crippen LogP contribution in [0.4, 0.5) is 13.2 Å². The van der Waals surface area contributed by atoms with E-state index in [-0.39, 0.29) is 49.5 Å². The van der Waals surface area contributed by atoms with Crippen LogP contribution < -0.4 is 11.3 Å². The second kappa shape index (κ2) is 10.9. The van der Waals surface area contributed by atoms with Gasteiger partial charge in [0.15, 0.2) is 0 Å². The zero-order valence-corrected chi connectivity index (χ0v) is 21.1. The van der Waals surface area contributed by atoms with Crippen LogP contribution in [0.5, 0.6) is 5.75 Å². The summed E-state index contributed by atoms with van der Waals surface area (Å²) in [6, 6.07) is 6.68. The number of aromatic amines is 1. The number of phenolic OH excluding ortho intramolecular Hbond substituents is 1. The third-order valence-electron chi connectivity index (χ3n) is 6.39. The van der Waals surface area contributed by atoms with Crippen LogP contribution >= 0.6 is 23.4 Å². The lowest BCUT2D eigenvalue weighted by atomic mass is 9.98. The lowest BCUT2D eigenvalue weighted by Gasteiger charge is -2.23. The van der Waals surface area contributed by atoms with E-state index in [2.05, 4.69) is 4.98 Å². The summed E-state index contributed by atoms with van der Waals surface area (Å²) in [5.74, 6) is -0.618. The molecule has 2 atom stereocenters. The standard InChI is InChI=1S/C25H25ClF3N3O4S/c26-14-4-6-20(34)17(11-14)21-16-10-13(25(27,28)29)3-5-18(16)31-24(36)22(21)37-12-15(33)7-9-32-8-1-2-19(32)23(30)35/h3-6,10-11,15,19,33-34H,1-2,7-9,12H2,(H2,30,35)(H,31,36)/t15?,19-/m0/s1. The van der Waals surface area contributed by atoms with Crippen LogP contribution in [0.2, 0.25) is 5.02 Å². The third kappa shape index (κ3) is 6.06. The number of fused-ring (bicyclic) bond motifs is 1. The Bertz CT molecular complexity index is 1380. The lowest BCUT2D eigenvalue weighted by molar-refractivity contribution is -0.137. The summed E-state index contributed by atoms with van der Waals surface area (Å²) >= 11 is 7.09. The number of primary amides is 1. The second-order valence-electron chi connectivity index (χ2n) is 8.93. The van der Waals surface area contributed by atoms with E-state index in [9.17, 15) is 33.0 Å². The molecule has 198 valence electrons. The van der Waals surface area contributed by atoms with Crippen LogP contribution in [0.25, 0.3) is 22.0 Å². The number of halogens is 4. The van der Waals surface area contributed by atoms with Gasteiger partial charge in [0.1, 0.15) is 5.75 Å². The Morgan fingerprint density at radius 3 is 2.73 bits per heavy atom. The molecule has 12 heteroatoms. The molecule has 0 spiro atoms. The number of pyridine rings is 1. The number of hydrogen-bond acceptors (Lipinski definition) is 6. The van der Waals surface area contributed by atoms with Gasteiger partial charge < -0.3 is 20.9 Å². The first-order valence-corrected chi connectivity index (χ1v) is 12.9. The molecule has 4 rings (SSSR count). The minimum absolute atomic E-state index is 0.0413. The summed E-state index contributed by atoms with van der Waals surface area (Å²) in [5.41, 5.74) is 4.29. The number of nitrogens with two attached hydrogens (primary N) is 1. The SMILES string of the molecule is NC(=O)[C@@H]1CCCN1CCC(O)CSc1c(-c2cc(Cl)ccc2O)c2cc(C(F)(F)F)ccc2[nH]c1=O. The average molecular weight is 556 g/mol. The average Bonchev–Trinajstić information content (AvgIpc) is 3.31. The number of hydrogen-bond donors (Lipinski definition) is 4. The van der Waals surface area contributed by atoms with Crippen LogP contribution in [0, 0.1) is 0 Å². The predicted octanol–water partition coefficient (Wildman–Crippen LogP) is 4.37. The first-order valence-electron chi connectivity index (χ1n) is 11.6. The van der Waals surface area contributed by atoms with Gasteiger partial charge in [-0.1, -0.05) is 11.6 Å². The van der Waals surface area contributed by atoms with Crippen molar-refractivity contribution in [2.24, 2.45) is 5.73 Å². The Morgan fingerprint density at radius 1 is 1.27 bits per heavy atom. The molecule has 5 N–H and O–H groups in total. The van der Waals surface area contributed by atoms with Gasteiger partial charge in [0, 0.05) is 39.4 Å². The van der Waals surface area contributed by atoms with Crippen molar-refractivity contribution in [3.8, 4) is 16.9 Å². The maximum absolute atomic E-state index is 13.5. The van der Waals surface area contributed by atoms with Gasteiger partial charge in [-0.15, -0.1) is 11.8 Å². The van der Waals surface area contributed by atoms with Gasteiger partial charge in [0.25, 0.3) is 5.56 Å². The highest BCUT2D eigenvalue weighted by Crippen LogP contribution is 2.42. The number of aromatic hydroxyl groups is 1. The maximum Gasteiger partial charge on any atom is 0.416 e. The minimum Gasteiger partial charge on any atom is -0.507 e. The van der Waals surface area contributed by atoms with Gasteiger partial charge in [-0.25, -0.2) is 0 Å². The molecule has 1 saturated heterocycles. The summed E-state index contributed by atoms with van der Waals surface area (Å²) < 4.78 is 40.5. The molecule has 0 aliphatic carbocycles. The minimum atomic E-state index is -4.63.